The summed E-state index contributed by atoms with van der Waals surface area (Å²) in [6.45, 7) is 14.9. The molecule has 0 spiro atoms. The van der Waals surface area contributed by atoms with E-state index in [2.05, 4.69) is 33.8 Å². The van der Waals surface area contributed by atoms with E-state index in [-0.39, 0.29) is 37.5 Å². The van der Waals surface area contributed by atoms with Gasteiger partial charge in [0.2, 0.25) is 0 Å². The van der Waals surface area contributed by atoms with E-state index in [1.165, 1.54) is 12.2 Å². The fourth-order valence-electron chi connectivity index (χ4n) is 5.62. The summed E-state index contributed by atoms with van der Waals surface area (Å²) in [5.41, 5.74) is 10.3. The number of carbonyl (C=O) groups excluding carboxylic acids is 2. The predicted octanol–water partition coefficient (Wildman–Crippen LogP) is 4.53. The van der Waals surface area contributed by atoms with Crippen molar-refractivity contribution < 1.29 is 29.4 Å². The van der Waals surface area contributed by atoms with Crippen LogP contribution in [-0.2, 0) is 38.4 Å². The molecule has 0 atom stereocenters. The van der Waals surface area contributed by atoms with Crippen LogP contribution in [0.3, 0.4) is 0 Å². The fourth-order valence-corrected chi connectivity index (χ4v) is 5.62. The quantitative estimate of drug-likeness (QED) is 0.215. The van der Waals surface area contributed by atoms with Crippen molar-refractivity contribution in [2.75, 3.05) is 0 Å². The van der Waals surface area contributed by atoms with Crippen molar-refractivity contribution in [1.29, 1.82) is 0 Å². The highest BCUT2D eigenvalue weighted by Crippen LogP contribution is 2.31. The number of aliphatic carboxylic acids is 2. The molecule has 0 radical (unpaired) electrons. The second-order valence-electron chi connectivity index (χ2n) is 10.7. The second-order valence-corrected chi connectivity index (χ2v) is 10.7. The highest BCUT2D eigenvalue weighted by Gasteiger charge is 2.25. The van der Waals surface area contributed by atoms with Gasteiger partial charge < -0.3 is 30.8 Å². The lowest BCUT2D eigenvalue weighted by molar-refractivity contribution is -0.138. The number of nitrogens with one attached hydrogen (secondary N) is 4. The number of amides is 2. The Morgan fingerprint density at radius 2 is 1.07 bits per heavy atom. The Balaban J connectivity index is 1.80. The fraction of sp³-hybridized carbons (Fsp3) is 0.273. The minimum atomic E-state index is -0.920. The SMILES string of the molecule is C=CC1=C(C)C(=Cc2[nH]c(Cc3[nH]c(C=C4NC(=O)C(C=C)=C4C)c(C)c3CCC(=O)O)c(CCC(=O)O)c2C)NC1=O. The van der Waals surface area contributed by atoms with Crippen molar-refractivity contribution in [3.8, 4) is 0 Å². The lowest BCUT2D eigenvalue weighted by Crippen LogP contribution is -2.15. The van der Waals surface area contributed by atoms with Gasteiger partial charge in [-0.1, -0.05) is 25.3 Å². The number of hydrogen-bond acceptors (Lipinski definition) is 4. The number of allylic oxidation sites excluding steroid dienone is 2. The third-order valence-corrected chi connectivity index (χ3v) is 8.13. The van der Waals surface area contributed by atoms with E-state index in [9.17, 15) is 29.4 Å². The number of H-pyrrole nitrogens is 2. The molecule has 2 aromatic heterocycles. The van der Waals surface area contributed by atoms with Gasteiger partial charge in [-0.25, -0.2) is 0 Å². The van der Waals surface area contributed by atoms with Crippen LogP contribution in [0.4, 0.5) is 0 Å². The topological polar surface area (TPSA) is 164 Å². The Morgan fingerprint density at radius 3 is 1.37 bits per heavy atom. The van der Waals surface area contributed by atoms with Gasteiger partial charge in [-0.05, 0) is 86.1 Å². The normalized spacial score (nSPS) is 16.8. The summed E-state index contributed by atoms with van der Waals surface area (Å²) in [6.07, 6.45) is 7.50. The molecule has 224 valence electrons. The summed E-state index contributed by atoms with van der Waals surface area (Å²) in [7, 11) is 0. The van der Waals surface area contributed by atoms with Crippen LogP contribution < -0.4 is 10.6 Å². The lowest BCUT2D eigenvalue weighted by atomic mass is 9.98. The van der Waals surface area contributed by atoms with E-state index in [0.29, 0.717) is 29.0 Å². The molecular formula is C33H36N4O6. The van der Waals surface area contributed by atoms with Crippen LogP contribution in [0.2, 0.25) is 0 Å². The molecule has 0 unspecified atom stereocenters. The molecule has 43 heavy (non-hydrogen) atoms. The molecule has 2 aromatic rings. The van der Waals surface area contributed by atoms with E-state index in [1.54, 1.807) is 0 Å². The van der Waals surface area contributed by atoms with Crippen LogP contribution >= 0.6 is 0 Å². The molecule has 6 N–H and O–H groups in total. The van der Waals surface area contributed by atoms with Crippen molar-refractivity contribution in [2.24, 2.45) is 0 Å². The Bertz CT molecular complexity index is 1580. The number of rotatable bonds is 12. The number of aromatic nitrogens is 2. The molecule has 2 aliphatic rings. The minimum Gasteiger partial charge on any atom is -0.481 e. The summed E-state index contributed by atoms with van der Waals surface area (Å²) in [6, 6.07) is 0. The first kappa shape index (κ1) is 30.8. The first-order valence-electron chi connectivity index (χ1n) is 13.9. The van der Waals surface area contributed by atoms with Crippen molar-refractivity contribution >= 4 is 35.9 Å². The Morgan fingerprint density at radius 1 is 0.698 bits per heavy atom. The maximum Gasteiger partial charge on any atom is 0.303 e. The zero-order valence-corrected chi connectivity index (χ0v) is 24.8. The van der Waals surface area contributed by atoms with Crippen molar-refractivity contribution in [1.82, 2.24) is 20.6 Å². The minimum absolute atomic E-state index is 0.0676. The molecule has 0 aromatic carbocycles. The van der Waals surface area contributed by atoms with Crippen molar-refractivity contribution in [3.63, 3.8) is 0 Å². The third kappa shape index (κ3) is 6.23. The number of hydrogen-bond donors (Lipinski definition) is 6. The van der Waals surface area contributed by atoms with Crippen LogP contribution in [0.25, 0.3) is 12.2 Å². The van der Waals surface area contributed by atoms with Gasteiger partial charge in [0, 0.05) is 64.6 Å². The molecule has 0 bridgehead atoms. The molecule has 4 heterocycles. The van der Waals surface area contributed by atoms with E-state index < -0.39 is 11.9 Å². The van der Waals surface area contributed by atoms with Crippen molar-refractivity contribution in [3.05, 3.63) is 104 Å². The third-order valence-electron chi connectivity index (χ3n) is 8.13. The maximum absolute atomic E-state index is 12.3. The number of carboxylic acid groups (broad SMARTS) is 2. The highest BCUT2D eigenvalue weighted by atomic mass is 16.4. The zero-order chi connectivity index (χ0) is 31.6. The van der Waals surface area contributed by atoms with Crippen LogP contribution in [-0.4, -0.2) is 43.9 Å². The highest BCUT2D eigenvalue weighted by molar-refractivity contribution is 6.04. The smallest absolute Gasteiger partial charge is 0.303 e. The van der Waals surface area contributed by atoms with Gasteiger partial charge >= 0.3 is 11.9 Å². The summed E-state index contributed by atoms with van der Waals surface area (Å²) in [4.78, 5) is 54.6. The lowest BCUT2D eigenvalue weighted by Gasteiger charge is -2.07. The van der Waals surface area contributed by atoms with Crippen LogP contribution in [0.5, 0.6) is 0 Å². The van der Waals surface area contributed by atoms with Gasteiger partial charge in [0.25, 0.3) is 11.8 Å². The molecule has 0 saturated carbocycles. The van der Waals surface area contributed by atoms with Crippen LogP contribution in [0.15, 0.2) is 59.0 Å². The van der Waals surface area contributed by atoms with E-state index in [0.717, 1.165) is 56.2 Å². The monoisotopic (exact) mass is 584 g/mol. The molecule has 2 amide bonds. The molecule has 0 fully saturated rings. The Labute approximate surface area is 249 Å². The van der Waals surface area contributed by atoms with Gasteiger partial charge in [0.15, 0.2) is 0 Å². The first-order valence-corrected chi connectivity index (χ1v) is 13.9. The average Bonchev–Trinajstić information content (AvgIpc) is 3.58. The van der Waals surface area contributed by atoms with Gasteiger partial charge in [0.1, 0.15) is 0 Å². The van der Waals surface area contributed by atoms with Gasteiger partial charge in [0.05, 0.1) is 0 Å². The predicted molar refractivity (Wildman–Crippen MR) is 164 cm³/mol. The maximum atomic E-state index is 12.3. The zero-order valence-electron chi connectivity index (χ0n) is 24.8. The summed E-state index contributed by atoms with van der Waals surface area (Å²) in [5, 5.41) is 24.6. The van der Waals surface area contributed by atoms with Gasteiger partial charge in [-0.3, -0.25) is 19.2 Å². The summed E-state index contributed by atoms with van der Waals surface area (Å²) < 4.78 is 0. The molecule has 10 heteroatoms. The largest absolute Gasteiger partial charge is 0.481 e. The number of carbonyl (C=O) groups is 4. The summed E-state index contributed by atoms with van der Waals surface area (Å²) >= 11 is 0. The molecule has 4 rings (SSSR count). The molecule has 10 nitrogen and oxygen atoms in total. The van der Waals surface area contributed by atoms with Crippen LogP contribution in [0, 0.1) is 13.8 Å². The van der Waals surface area contributed by atoms with Gasteiger partial charge in [-0.15, -0.1) is 0 Å². The average molecular weight is 585 g/mol. The van der Waals surface area contributed by atoms with E-state index >= 15 is 0 Å². The molecule has 0 aliphatic carbocycles. The Hall–Kier alpha value is -5.12. The standard InChI is InChI=1S/C33H36N4O6/c1-7-20-16(3)26(36-32(20)42)13-24-18(5)22(9-11-30(38)39)28(34-24)15-29-23(10-12-31(40)41)19(6)25(35-29)14-27-17(4)21(8-2)33(43)37-27/h7-8,13-14,34-35H,1-2,9-12,15H2,3-6H3,(H,36,42)(H,37,43)(H,38,39)(H,40,41). The Kier molecular flexibility index (Phi) is 8.89. The second kappa shape index (κ2) is 12.4. The van der Waals surface area contributed by atoms with Crippen LogP contribution in [0.1, 0.15) is 71.7 Å². The number of carboxylic acids is 2. The first-order chi connectivity index (χ1) is 20.4. The summed E-state index contributed by atoms with van der Waals surface area (Å²) in [5.74, 6) is -2.30. The van der Waals surface area contributed by atoms with E-state index in [4.69, 9.17) is 0 Å². The van der Waals surface area contributed by atoms with Crippen molar-refractivity contribution in [2.45, 2.75) is 59.8 Å². The van der Waals surface area contributed by atoms with E-state index in [1.807, 2.05) is 39.8 Å². The molecular weight excluding hydrogens is 548 g/mol. The number of aromatic amines is 2. The van der Waals surface area contributed by atoms with Gasteiger partial charge in [-0.2, -0.15) is 0 Å². The molecule has 0 saturated heterocycles. The molecule has 2 aliphatic heterocycles.